The average Bonchev–Trinajstić information content (AvgIpc) is 2.35. The minimum Gasteiger partial charge on any atom is -0.461 e. The molecule has 18 heavy (non-hydrogen) atoms. The molecular formula is C11H9Cl2N3O2. The van der Waals surface area contributed by atoms with Crippen molar-refractivity contribution in [3.8, 4) is 6.07 Å². The van der Waals surface area contributed by atoms with E-state index in [-0.39, 0.29) is 11.6 Å². The Bertz CT molecular complexity index is 524. The molecule has 0 unspecified atom stereocenters. The highest BCUT2D eigenvalue weighted by atomic mass is 35.5. The highest BCUT2D eigenvalue weighted by Crippen LogP contribution is 2.29. The third kappa shape index (κ3) is 3.62. The number of carbonyl (C=O) groups is 1. The van der Waals surface area contributed by atoms with Gasteiger partial charge in [0.2, 0.25) is 5.71 Å². The molecule has 0 aromatic heterocycles. The van der Waals surface area contributed by atoms with Gasteiger partial charge in [-0.25, -0.2) is 4.79 Å². The highest BCUT2D eigenvalue weighted by molar-refractivity contribution is 6.44. The summed E-state index contributed by atoms with van der Waals surface area (Å²) in [7, 11) is 0. The molecule has 1 N–H and O–H groups in total. The maximum atomic E-state index is 11.3. The van der Waals surface area contributed by atoms with Crippen LogP contribution in [0.5, 0.6) is 0 Å². The summed E-state index contributed by atoms with van der Waals surface area (Å²) in [6.07, 6.45) is 0. The molecule has 0 aliphatic heterocycles. The molecule has 0 atom stereocenters. The van der Waals surface area contributed by atoms with E-state index in [9.17, 15) is 4.79 Å². The first kappa shape index (κ1) is 14.3. The second-order valence-corrected chi connectivity index (χ2v) is 3.79. The lowest BCUT2D eigenvalue weighted by atomic mass is 10.3. The van der Waals surface area contributed by atoms with Gasteiger partial charge in [0, 0.05) is 0 Å². The molecule has 0 aliphatic rings. The van der Waals surface area contributed by atoms with Crippen LogP contribution >= 0.6 is 23.2 Å². The first-order chi connectivity index (χ1) is 8.60. The number of hydrogen-bond donors (Lipinski definition) is 1. The van der Waals surface area contributed by atoms with Crippen molar-refractivity contribution in [1.29, 1.82) is 5.26 Å². The molecule has 0 saturated heterocycles. The zero-order chi connectivity index (χ0) is 13.5. The lowest BCUT2D eigenvalue weighted by molar-refractivity contribution is -0.134. The Hall–Kier alpha value is -1.77. The van der Waals surface area contributed by atoms with Gasteiger partial charge < -0.3 is 4.74 Å². The van der Waals surface area contributed by atoms with Crippen molar-refractivity contribution in [2.75, 3.05) is 12.0 Å². The molecule has 0 heterocycles. The average molecular weight is 286 g/mol. The van der Waals surface area contributed by atoms with Crippen molar-refractivity contribution in [2.24, 2.45) is 5.10 Å². The van der Waals surface area contributed by atoms with Crippen LogP contribution in [0.15, 0.2) is 23.3 Å². The molecule has 0 aliphatic carbocycles. The van der Waals surface area contributed by atoms with E-state index in [1.54, 1.807) is 31.2 Å². The van der Waals surface area contributed by atoms with Crippen molar-refractivity contribution < 1.29 is 9.53 Å². The standard InChI is InChI=1S/C11H9Cl2N3O2/c1-2-18-11(17)9(6-14)16-15-8-5-3-4-7(12)10(8)13/h3-5,15H,2H2,1H3/b16-9+. The smallest absolute Gasteiger partial charge is 0.369 e. The zero-order valence-electron chi connectivity index (χ0n) is 9.41. The fourth-order valence-corrected chi connectivity index (χ4v) is 1.36. The van der Waals surface area contributed by atoms with E-state index in [1.807, 2.05) is 0 Å². The van der Waals surface area contributed by atoms with E-state index >= 15 is 0 Å². The summed E-state index contributed by atoms with van der Waals surface area (Å²) in [6.45, 7) is 1.80. The van der Waals surface area contributed by atoms with Crippen LogP contribution in [-0.2, 0) is 9.53 Å². The Balaban J connectivity index is 2.87. The van der Waals surface area contributed by atoms with E-state index in [4.69, 9.17) is 28.5 Å². The van der Waals surface area contributed by atoms with Crippen LogP contribution in [0.3, 0.4) is 0 Å². The fourth-order valence-electron chi connectivity index (χ4n) is 1.02. The second-order valence-electron chi connectivity index (χ2n) is 3.01. The van der Waals surface area contributed by atoms with Gasteiger partial charge in [-0.3, -0.25) is 5.43 Å². The number of hydrogen-bond acceptors (Lipinski definition) is 5. The van der Waals surface area contributed by atoms with Gasteiger partial charge in [0.1, 0.15) is 6.07 Å². The highest BCUT2D eigenvalue weighted by Gasteiger charge is 2.12. The van der Waals surface area contributed by atoms with Gasteiger partial charge in [-0.2, -0.15) is 10.4 Å². The van der Waals surface area contributed by atoms with Crippen LogP contribution in [0, 0.1) is 11.3 Å². The summed E-state index contributed by atoms with van der Waals surface area (Å²) >= 11 is 11.7. The first-order valence-electron chi connectivity index (χ1n) is 4.95. The largest absolute Gasteiger partial charge is 0.461 e. The molecule has 0 saturated carbocycles. The maximum Gasteiger partial charge on any atom is 0.369 e. The quantitative estimate of drug-likeness (QED) is 0.524. The number of carbonyl (C=O) groups excluding carboxylic acids is 1. The third-order valence-corrected chi connectivity index (χ3v) is 2.63. The van der Waals surface area contributed by atoms with Gasteiger partial charge in [0.25, 0.3) is 0 Å². The second kappa shape index (κ2) is 6.84. The number of nitrogens with one attached hydrogen (secondary N) is 1. The molecule has 94 valence electrons. The SMILES string of the molecule is CCOC(=O)/C(C#N)=N/Nc1cccc(Cl)c1Cl. The van der Waals surface area contributed by atoms with Gasteiger partial charge in [-0.1, -0.05) is 29.3 Å². The van der Waals surface area contributed by atoms with Gasteiger partial charge in [-0.05, 0) is 19.1 Å². The number of nitrogens with zero attached hydrogens (tertiary/aromatic N) is 2. The molecule has 1 aromatic rings. The summed E-state index contributed by atoms with van der Waals surface area (Å²) in [6, 6.07) is 6.50. The number of rotatable bonds is 4. The number of benzene rings is 1. The van der Waals surface area contributed by atoms with Crippen LogP contribution in [0.2, 0.25) is 10.0 Å². The van der Waals surface area contributed by atoms with Crippen LogP contribution in [0.1, 0.15) is 6.92 Å². The Morgan fingerprint density at radius 3 is 2.89 bits per heavy atom. The Labute approximate surface area is 114 Å². The number of hydrazone groups is 1. The predicted molar refractivity (Wildman–Crippen MR) is 69.8 cm³/mol. The molecule has 0 spiro atoms. The molecule has 1 aromatic carbocycles. The number of anilines is 1. The topological polar surface area (TPSA) is 74.5 Å². The number of halogens is 2. The van der Waals surface area contributed by atoms with Crippen LogP contribution in [0.25, 0.3) is 0 Å². The van der Waals surface area contributed by atoms with Crippen molar-refractivity contribution in [1.82, 2.24) is 0 Å². The predicted octanol–water partition coefficient (Wildman–Crippen LogP) is 2.85. The van der Waals surface area contributed by atoms with E-state index in [0.29, 0.717) is 10.7 Å². The van der Waals surface area contributed by atoms with Crippen LogP contribution in [0.4, 0.5) is 5.69 Å². The van der Waals surface area contributed by atoms with Crippen molar-refractivity contribution in [3.05, 3.63) is 28.2 Å². The summed E-state index contributed by atoms with van der Waals surface area (Å²) in [5.41, 5.74) is 2.49. The fraction of sp³-hybridized carbons (Fsp3) is 0.182. The number of ether oxygens (including phenoxy) is 1. The Morgan fingerprint density at radius 2 is 2.28 bits per heavy atom. The van der Waals surface area contributed by atoms with E-state index in [1.165, 1.54) is 0 Å². The van der Waals surface area contributed by atoms with Gasteiger partial charge >= 0.3 is 5.97 Å². The van der Waals surface area contributed by atoms with Crippen molar-refractivity contribution in [3.63, 3.8) is 0 Å². The Kier molecular flexibility index (Phi) is 5.43. The first-order valence-corrected chi connectivity index (χ1v) is 5.70. The lowest BCUT2D eigenvalue weighted by Crippen LogP contribution is -2.17. The van der Waals surface area contributed by atoms with E-state index in [0.717, 1.165) is 0 Å². The molecule has 0 amide bonds. The molecule has 1 rings (SSSR count). The van der Waals surface area contributed by atoms with E-state index < -0.39 is 11.7 Å². The maximum absolute atomic E-state index is 11.3. The van der Waals surface area contributed by atoms with Gasteiger partial charge in [0.05, 0.1) is 22.3 Å². The normalized spacial score (nSPS) is 10.7. The summed E-state index contributed by atoms with van der Waals surface area (Å²) in [4.78, 5) is 11.3. The van der Waals surface area contributed by atoms with Crippen LogP contribution < -0.4 is 5.43 Å². The van der Waals surface area contributed by atoms with E-state index in [2.05, 4.69) is 15.3 Å². The molecule has 7 heteroatoms. The summed E-state index contributed by atoms with van der Waals surface area (Å²) in [5, 5.41) is 13.0. The summed E-state index contributed by atoms with van der Waals surface area (Å²) < 4.78 is 4.65. The molecule has 0 radical (unpaired) electrons. The number of esters is 1. The van der Waals surface area contributed by atoms with Gasteiger partial charge in [0.15, 0.2) is 0 Å². The number of nitriles is 1. The minimum atomic E-state index is -0.800. The van der Waals surface area contributed by atoms with Crippen LogP contribution in [-0.4, -0.2) is 18.3 Å². The third-order valence-electron chi connectivity index (χ3n) is 1.81. The molecule has 0 fully saturated rings. The zero-order valence-corrected chi connectivity index (χ0v) is 10.9. The Morgan fingerprint density at radius 1 is 1.56 bits per heavy atom. The molecule has 5 nitrogen and oxygen atoms in total. The lowest BCUT2D eigenvalue weighted by Gasteiger charge is -2.05. The van der Waals surface area contributed by atoms with Crippen molar-refractivity contribution in [2.45, 2.75) is 6.92 Å². The molecular weight excluding hydrogens is 277 g/mol. The van der Waals surface area contributed by atoms with Gasteiger partial charge in [-0.15, -0.1) is 0 Å². The minimum absolute atomic E-state index is 0.164. The molecule has 0 bridgehead atoms. The monoisotopic (exact) mass is 285 g/mol. The summed E-state index contributed by atoms with van der Waals surface area (Å²) in [5.74, 6) is -0.800. The van der Waals surface area contributed by atoms with Crippen molar-refractivity contribution >= 4 is 40.6 Å².